The van der Waals surface area contributed by atoms with Gasteiger partial charge in [-0.2, -0.15) is 0 Å². The maximum Gasteiger partial charge on any atom is 0.230 e. The second-order valence-corrected chi connectivity index (χ2v) is 8.23. The molecular weight excluding hydrogens is 422 g/mol. The van der Waals surface area contributed by atoms with Crippen molar-refractivity contribution in [3.63, 3.8) is 0 Å². The van der Waals surface area contributed by atoms with E-state index in [-0.39, 0.29) is 12.3 Å². The van der Waals surface area contributed by atoms with Gasteiger partial charge in [0, 0.05) is 34.9 Å². The highest BCUT2D eigenvalue weighted by Gasteiger charge is 2.12. The summed E-state index contributed by atoms with van der Waals surface area (Å²) in [5, 5.41) is 6.31. The first kappa shape index (κ1) is 20.7. The summed E-state index contributed by atoms with van der Waals surface area (Å²) in [5.41, 5.74) is 2.65. The van der Waals surface area contributed by atoms with Gasteiger partial charge in [-0.3, -0.25) is 4.79 Å². The number of carbonyl (C=O) groups excluding carboxylic acids is 1. The molecule has 0 unspecified atom stereocenters. The topological polar surface area (TPSA) is 63.7 Å². The molecule has 0 atom stereocenters. The Balaban J connectivity index is 1.26. The van der Waals surface area contributed by atoms with Crippen molar-refractivity contribution in [2.75, 3.05) is 36.5 Å². The lowest BCUT2D eigenvalue weighted by Crippen LogP contribution is -2.36. The Morgan fingerprint density at radius 3 is 2.60 bits per heavy atom. The number of morpholine rings is 1. The van der Waals surface area contributed by atoms with E-state index in [0.29, 0.717) is 11.6 Å². The largest absolute Gasteiger partial charge is 0.486 e. The molecule has 0 radical (unpaired) electrons. The molecule has 1 aromatic heterocycles. The quantitative estimate of drug-likeness (QED) is 0.586. The zero-order chi connectivity index (χ0) is 20.8. The number of hydrogen-bond donors (Lipinski definition) is 1. The SMILES string of the molecule is O=C(Cc1csc(COc2ccc(Cl)cc2)n1)Nc1ccc(N2CCOCC2)cc1. The van der Waals surface area contributed by atoms with Crippen molar-refractivity contribution in [1.29, 1.82) is 0 Å². The molecule has 1 amide bonds. The highest BCUT2D eigenvalue weighted by atomic mass is 35.5. The minimum Gasteiger partial charge on any atom is -0.486 e. The van der Waals surface area contributed by atoms with Gasteiger partial charge in [0.25, 0.3) is 0 Å². The third-order valence-corrected chi connectivity index (χ3v) is 5.77. The molecule has 0 bridgehead atoms. The Bertz CT molecular complexity index is 970. The molecule has 2 heterocycles. The number of halogens is 1. The molecule has 0 spiro atoms. The number of hydrogen-bond acceptors (Lipinski definition) is 6. The molecule has 1 aliphatic rings. The molecule has 1 N–H and O–H groups in total. The van der Waals surface area contributed by atoms with Gasteiger partial charge in [0.2, 0.25) is 5.91 Å². The number of ether oxygens (including phenoxy) is 2. The Morgan fingerprint density at radius 2 is 1.87 bits per heavy atom. The fraction of sp³-hybridized carbons (Fsp3) is 0.273. The molecule has 8 heteroatoms. The molecule has 1 fully saturated rings. The number of nitrogens with zero attached hydrogens (tertiary/aromatic N) is 2. The van der Waals surface area contributed by atoms with Crippen LogP contribution in [0.25, 0.3) is 0 Å². The highest BCUT2D eigenvalue weighted by molar-refractivity contribution is 7.09. The van der Waals surface area contributed by atoms with Crippen LogP contribution in [0.1, 0.15) is 10.7 Å². The number of thiazole rings is 1. The fourth-order valence-corrected chi connectivity index (χ4v) is 3.95. The van der Waals surface area contributed by atoms with Crippen LogP contribution in [0.4, 0.5) is 11.4 Å². The van der Waals surface area contributed by atoms with Crippen LogP contribution in [0.3, 0.4) is 0 Å². The molecule has 3 aromatic rings. The molecule has 4 rings (SSSR count). The van der Waals surface area contributed by atoms with E-state index in [2.05, 4.69) is 15.2 Å². The summed E-state index contributed by atoms with van der Waals surface area (Å²) in [6.07, 6.45) is 0.225. The van der Waals surface area contributed by atoms with Crippen LogP contribution in [-0.4, -0.2) is 37.2 Å². The molecule has 1 aliphatic heterocycles. The third kappa shape index (κ3) is 5.72. The Morgan fingerprint density at radius 1 is 1.13 bits per heavy atom. The van der Waals surface area contributed by atoms with Crippen LogP contribution in [0.5, 0.6) is 5.75 Å². The van der Waals surface area contributed by atoms with Gasteiger partial charge < -0.3 is 19.7 Å². The van der Waals surface area contributed by atoms with Gasteiger partial charge in [0.1, 0.15) is 17.4 Å². The summed E-state index contributed by atoms with van der Waals surface area (Å²) in [4.78, 5) is 19.1. The van der Waals surface area contributed by atoms with E-state index >= 15 is 0 Å². The van der Waals surface area contributed by atoms with Crippen molar-refractivity contribution in [2.45, 2.75) is 13.0 Å². The van der Waals surface area contributed by atoms with Gasteiger partial charge in [0.15, 0.2) is 0 Å². The predicted octanol–water partition coefficient (Wildman–Crippen LogP) is 4.39. The first-order valence-corrected chi connectivity index (χ1v) is 11.0. The number of carbonyl (C=O) groups is 1. The van der Waals surface area contributed by atoms with Gasteiger partial charge in [-0.1, -0.05) is 11.6 Å². The van der Waals surface area contributed by atoms with E-state index in [1.54, 1.807) is 12.1 Å². The molecule has 6 nitrogen and oxygen atoms in total. The van der Waals surface area contributed by atoms with Crippen molar-refractivity contribution >= 4 is 40.2 Å². The van der Waals surface area contributed by atoms with Gasteiger partial charge in [-0.25, -0.2) is 4.98 Å². The smallest absolute Gasteiger partial charge is 0.230 e. The summed E-state index contributed by atoms with van der Waals surface area (Å²) < 4.78 is 11.1. The zero-order valence-electron chi connectivity index (χ0n) is 16.3. The predicted molar refractivity (Wildman–Crippen MR) is 120 cm³/mol. The normalized spacial score (nSPS) is 13.8. The second kappa shape index (κ2) is 9.93. The minimum absolute atomic E-state index is 0.0930. The molecule has 0 aliphatic carbocycles. The van der Waals surface area contributed by atoms with E-state index < -0.39 is 0 Å². The van der Waals surface area contributed by atoms with Crippen LogP contribution in [0.2, 0.25) is 5.02 Å². The molecule has 156 valence electrons. The third-order valence-electron chi connectivity index (χ3n) is 4.64. The van der Waals surface area contributed by atoms with Crippen LogP contribution in [0, 0.1) is 0 Å². The monoisotopic (exact) mass is 443 g/mol. The lowest BCUT2D eigenvalue weighted by atomic mass is 10.2. The maximum atomic E-state index is 12.4. The summed E-state index contributed by atoms with van der Waals surface area (Å²) in [5.74, 6) is 0.638. The Kier molecular flexibility index (Phi) is 6.84. The maximum absolute atomic E-state index is 12.4. The second-order valence-electron chi connectivity index (χ2n) is 6.85. The number of anilines is 2. The van der Waals surface area contributed by atoms with E-state index in [1.807, 2.05) is 41.8 Å². The van der Waals surface area contributed by atoms with E-state index in [0.717, 1.165) is 54.1 Å². The molecule has 30 heavy (non-hydrogen) atoms. The standard InChI is InChI=1S/C22H22ClN3O3S/c23-16-1-7-20(8-2-16)29-14-22-25-18(15-30-22)13-21(27)24-17-3-5-19(6-4-17)26-9-11-28-12-10-26/h1-8,15H,9-14H2,(H,24,27). The van der Waals surface area contributed by atoms with Gasteiger partial charge >= 0.3 is 0 Å². The van der Waals surface area contributed by atoms with Crippen molar-refractivity contribution in [3.05, 3.63) is 69.6 Å². The van der Waals surface area contributed by atoms with Gasteiger partial charge in [0.05, 0.1) is 25.3 Å². The minimum atomic E-state index is -0.0930. The average Bonchev–Trinajstić information content (AvgIpc) is 3.21. The molecule has 1 saturated heterocycles. The summed E-state index contributed by atoms with van der Waals surface area (Å²) in [6.45, 7) is 3.63. The summed E-state index contributed by atoms with van der Waals surface area (Å²) >= 11 is 7.35. The molecule has 2 aromatic carbocycles. The first-order valence-electron chi connectivity index (χ1n) is 9.70. The van der Waals surface area contributed by atoms with Crippen LogP contribution in [-0.2, 0) is 22.6 Å². The summed E-state index contributed by atoms with van der Waals surface area (Å²) in [6, 6.07) is 15.1. The Labute approximate surface area is 184 Å². The van der Waals surface area contributed by atoms with Crippen LogP contribution in [0.15, 0.2) is 53.9 Å². The number of benzene rings is 2. The van der Waals surface area contributed by atoms with Crippen LogP contribution < -0.4 is 15.0 Å². The zero-order valence-corrected chi connectivity index (χ0v) is 17.9. The van der Waals surface area contributed by atoms with E-state index in [4.69, 9.17) is 21.1 Å². The molecule has 0 saturated carbocycles. The average molecular weight is 444 g/mol. The van der Waals surface area contributed by atoms with Crippen molar-refractivity contribution in [1.82, 2.24) is 4.98 Å². The van der Waals surface area contributed by atoms with Crippen molar-refractivity contribution in [2.24, 2.45) is 0 Å². The Hall–Kier alpha value is -2.61. The lowest BCUT2D eigenvalue weighted by Gasteiger charge is -2.28. The highest BCUT2D eigenvalue weighted by Crippen LogP contribution is 2.20. The molecular formula is C22H22ClN3O3S. The van der Waals surface area contributed by atoms with Crippen molar-refractivity contribution < 1.29 is 14.3 Å². The first-order chi connectivity index (χ1) is 14.7. The fourth-order valence-electron chi connectivity index (χ4n) is 3.12. The number of nitrogens with one attached hydrogen (secondary N) is 1. The van der Waals surface area contributed by atoms with E-state index in [9.17, 15) is 4.79 Å². The van der Waals surface area contributed by atoms with Gasteiger partial charge in [-0.05, 0) is 48.5 Å². The number of amides is 1. The van der Waals surface area contributed by atoms with E-state index in [1.165, 1.54) is 11.3 Å². The lowest BCUT2D eigenvalue weighted by molar-refractivity contribution is -0.115. The number of aromatic nitrogens is 1. The van der Waals surface area contributed by atoms with Crippen LogP contribution >= 0.6 is 22.9 Å². The summed E-state index contributed by atoms with van der Waals surface area (Å²) in [7, 11) is 0. The number of rotatable bonds is 7. The van der Waals surface area contributed by atoms with Gasteiger partial charge in [-0.15, -0.1) is 11.3 Å². The van der Waals surface area contributed by atoms with Crippen molar-refractivity contribution in [3.8, 4) is 5.75 Å².